The summed E-state index contributed by atoms with van der Waals surface area (Å²) in [6.07, 6.45) is 8.28. The largest absolute Gasteiger partial charge is 0.490 e. The zero-order valence-electron chi connectivity index (χ0n) is 24.8. The fourth-order valence-electron chi connectivity index (χ4n) is 4.26. The lowest BCUT2D eigenvalue weighted by Crippen LogP contribution is -2.46. The van der Waals surface area contributed by atoms with Crippen LogP contribution in [0, 0.1) is 11.3 Å². The van der Waals surface area contributed by atoms with Crippen LogP contribution >= 0.6 is 15.9 Å². The predicted molar refractivity (Wildman–Crippen MR) is 171 cm³/mol. The molecular formula is C33H38BrN5O3. The highest BCUT2D eigenvalue weighted by Crippen LogP contribution is 2.26. The Hall–Kier alpha value is -4.13. The van der Waals surface area contributed by atoms with E-state index < -0.39 is 0 Å². The second-order valence-electron chi connectivity index (χ2n) is 10.6. The van der Waals surface area contributed by atoms with E-state index in [-0.39, 0.29) is 42.6 Å². The van der Waals surface area contributed by atoms with Crippen molar-refractivity contribution in [3.8, 4) is 11.8 Å². The molecule has 2 amide bonds. The zero-order chi connectivity index (χ0) is 30.8. The number of carbonyl (C=O) groups excluding carboxylic acids is 2. The predicted octanol–water partition coefficient (Wildman–Crippen LogP) is 5.35. The highest BCUT2D eigenvalue weighted by Gasteiger charge is 2.18. The summed E-state index contributed by atoms with van der Waals surface area (Å²) in [5.74, 6) is -0.0299. The number of allylic oxidation sites excluding steroid dienone is 4. The third-order valence-corrected chi connectivity index (χ3v) is 7.09. The normalized spacial score (nSPS) is 14.0. The molecule has 220 valence electrons. The molecule has 2 N–H and O–H groups in total. The summed E-state index contributed by atoms with van der Waals surface area (Å²) < 4.78 is 6.61. The minimum Gasteiger partial charge on any atom is -0.490 e. The van der Waals surface area contributed by atoms with Gasteiger partial charge in [-0.25, -0.2) is 0 Å². The molecular weight excluding hydrogens is 594 g/mol. The van der Waals surface area contributed by atoms with Crippen molar-refractivity contribution >= 4 is 33.3 Å². The number of hydrogen-bond acceptors (Lipinski definition) is 6. The average Bonchev–Trinajstić information content (AvgIpc) is 2.94. The molecule has 2 aromatic carbocycles. The Labute approximate surface area is 257 Å². The van der Waals surface area contributed by atoms with Gasteiger partial charge in [0, 0.05) is 29.0 Å². The first-order valence-electron chi connectivity index (χ1n) is 13.7. The Balaban J connectivity index is 1.76. The molecule has 0 bridgehead atoms. The molecule has 0 saturated heterocycles. The fourth-order valence-corrected chi connectivity index (χ4v) is 4.62. The van der Waals surface area contributed by atoms with Gasteiger partial charge in [-0.05, 0) is 104 Å². The van der Waals surface area contributed by atoms with E-state index in [1.54, 1.807) is 17.0 Å². The molecule has 1 aliphatic heterocycles. The second kappa shape index (κ2) is 15.2. The van der Waals surface area contributed by atoms with Crippen LogP contribution in [0.1, 0.15) is 47.8 Å². The highest BCUT2D eigenvalue weighted by molar-refractivity contribution is 9.12. The van der Waals surface area contributed by atoms with Crippen molar-refractivity contribution in [2.45, 2.75) is 39.3 Å². The first-order valence-corrected chi connectivity index (χ1v) is 14.5. The minimum atomic E-state index is -0.380. The van der Waals surface area contributed by atoms with Gasteiger partial charge in [0.05, 0.1) is 30.0 Å². The Morgan fingerprint density at radius 3 is 2.50 bits per heavy atom. The molecule has 3 rings (SSSR count). The van der Waals surface area contributed by atoms with Crippen LogP contribution in [0.4, 0.5) is 0 Å². The number of carbonyl (C=O) groups is 2. The molecule has 0 spiro atoms. The number of rotatable bonds is 12. The zero-order valence-corrected chi connectivity index (χ0v) is 26.4. The fraction of sp³-hybridized carbons (Fsp3) is 0.303. The van der Waals surface area contributed by atoms with Crippen LogP contribution in [-0.4, -0.2) is 60.9 Å². The summed E-state index contributed by atoms with van der Waals surface area (Å²) in [6, 6.07) is 14.7. The van der Waals surface area contributed by atoms with E-state index in [9.17, 15) is 14.9 Å². The number of likely N-dealkylation sites (N-methyl/N-ethyl adjacent to an activating group) is 1. The van der Waals surface area contributed by atoms with E-state index in [1.165, 1.54) is 6.07 Å². The van der Waals surface area contributed by atoms with E-state index in [0.29, 0.717) is 17.7 Å². The number of amides is 2. The standard InChI is InChI=1S/C33H38BrN5O3/c1-22(2)42-31-14-13-27(17-28(31)18-35)33(41)37-29(19-36-32(40)21-38(5)6)16-25-9-11-26(12-10-25)23(3)20-39-15-7-8-30(34)24(39)4/h7-15,17,20,22,29H,4,16,19,21H2,1-3,5-6H3,(H,36,40)(H,37,41)/b23-20+. The lowest BCUT2D eigenvalue weighted by Gasteiger charge is -2.22. The van der Waals surface area contributed by atoms with Crippen molar-refractivity contribution in [1.82, 2.24) is 20.4 Å². The van der Waals surface area contributed by atoms with Crippen LogP contribution in [0.25, 0.3) is 5.57 Å². The first-order chi connectivity index (χ1) is 20.0. The number of nitriles is 1. The molecule has 42 heavy (non-hydrogen) atoms. The van der Waals surface area contributed by atoms with Crippen molar-refractivity contribution in [3.63, 3.8) is 0 Å². The molecule has 0 saturated carbocycles. The van der Waals surface area contributed by atoms with Gasteiger partial charge in [0.15, 0.2) is 0 Å². The van der Waals surface area contributed by atoms with Gasteiger partial charge in [-0.3, -0.25) is 9.59 Å². The van der Waals surface area contributed by atoms with Crippen LogP contribution in [0.15, 0.2) is 83.8 Å². The van der Waals surface area contributed by atoms with Gasteiger partial charge in [0.25, 0.3) is 5.91 Å². The maximum atomic E-state index is 13.2. The summed E-state index contributed by atoms with van der Waals surface area (Å²) in [4.78, 5) is 29.3. The molecule has 9 heteroatoms. The maximum absolute atomic E-state index is 13.2. The summed E-state index contributed by atoms with van der Waals surface area (Å²) in [5.41, 5.74) is 4.61. The van der Waals surface area contributed by atoms with Crippen LogP contribution < -0.4 is 15.4 Å². The number of halogens is 1. The third-order valence-electron chi connectivity index (χ3n) is 6.37. The second-order valence-corrected chi connectivity index (χ2v) is 11.5. The van der Waals surface area contributed by atoms with Crippen LogP contribution in [-0.2, 0) is 11.2 Å². The Bertz CT molecular complexity index is 1430. The smallest absolute Gasteiger partial charge is 0.251 e. The van der Waals surface area contributed by atoms with Gasteiger partial charge in [-0.15, -0.1) is 0 Å². The summed E-state index contributed by atoms with van der Waals surface area (Å²) in [5, 5.41) is 15.5. The molecule has 1 heterocycles. The van der Waals surface area contributed by atoms with Crippen molar-refractivity contribution in [2.75, 3.05) is 27.2 Å². The molecule has 2 aromatic rings. The van der Waals surface area contributed by atoms with Gasteiger partial charge in [0.2, 0.25) is 5.91 Å². The number of ether oxygens (including phenoxy) is 1. The average molecular weight is 633 g/mol. The van der Waals surface area contributed by atoms with Gasteiger partial charge in [-0.1, -0.05) is 30.8 Å². The van der Waals surface area contributed by atoms with E-state index in [1.807, 2.05) is 88.6 Å². The lowest BCUT2D eigenvalue weighted by molar-refractivity contribution is -0.121. The number of benzene rings is 2. The molecule has 0 aromatic heterocycles. The summed E-state index contributed by atoms with van der Waals surface area (Å²) in [6.45, 7) is 10.4. The number of nitrogens with zero attached hydrogens (tertiary/aromatic N) is 3. The van der Waals surface area contributed by atoms with E-state index in [2.05, 4.69) is 39.2 Å². The Morgan fingerprint density at radius 1 is 1.17 bits per heavy atom. The topological polar surface area (TPSA) is 97.7 Å². The quantitative estimate of drug-likeness (QED) is 0.328. The number of nitrogens with one attached hydrogen (secondary N) is 2. The first kappa shape index (κ1) is 32.4. The van der Waals surface area contributed by atoms with Gasteiger partial charge >= 0.3 is 0 Å². The highest BCUT2D eigenvalue weighted by atomic mass is 79.9. The van der Waals surface area contributed by atoms with E-state index >= 15 is 0 Å². The maximum Gasteiger partial charge on any atom is 0.251 e. The van der Waals surface area contributed by atoms with E-state index in [4.69, 9.17) is 4.74 Å². The van der Waals surface area contributed by atoms with Gasteiger partial charge in [0.1, 0.15) is 11.8 Å². The number of hydrogen-bond donors (Lipinski definition) is 2. The van der Waals surface area contributed by atoms with Crippen LogP contribution in [0.2, 0.25) is 0 Å². The minimum absolute atomic E-state index is 0.0991. The monoisotopic (exact) mass is 631 g/mol. The molecule has 1 aliphatic rings. The Kier molecular flexibility index (Phi) is 11.7. The van der Waals surface area contributed by atoms with Gasteiger partial charge < -0.3 is 25.2 Å². The van der Waals surface area contributed by atoms with Crippen molar-refractivity contribution in [3.05, 3.63) is 106 Å². The molecule has 1 unspecified atom stereocenters. The third kappa shape index (κ3) is 9.47. The lowest BCUT2D eigenvalue weighted by atomic mass is 10.0. The molecule has 0 aliphatic carbocycles. The molecule has 8 nitrogen and oxygen atoms in total. The molecule has 0 radical (unpaired) electrons. The molecule has 0 fully saturated rings. The Morgan fingerprint density at radius 2 is 1.86 bits per heavy atom. The SMILES string of the molecule is C=C1C(Br)=CC=CN1/C=C(\C)c1ccc(CC(CNC(=O)CN(C)C)NC(=O)c2ccc(OC(C)C)c(C#N)c2)cc1. The van der Waals surface area contributed by atoms with E-state index in [0.717, 1.165) is 26.9 Å². The van der Waals surface area contributed by atoms with Crippen LogP contribution in [0.5, 0.6) is 5.75 Å². The van der Waals surface area contributed by atoms with Crippen molar-refractivity contribution in [1.29, 1.82) is 5.26 Å². The van der Waals surface area contributed by atoms with Gasteiger partial charge in [-0.2, -0.15) is 5.26 Å². The molecule has 1 atom stereocenters. The summed E-state index contributed by atoms with van der Waals surface area (Å²) >= 11 is 3.52. The van der Waals surface area contributed by atoms with Crippen LogP contribution in [0.3, 0.4) is 0 Å². The van der Waals surface area contributed by atoms with Crippen molar-refractivity contribution in [2.24, 2.45) is 0 Å². The van der Waals surface area contributed by atoms with Crippen molar-refractivity contribution < 1.29 is 14.3 Å². The summed E-state index contributed by atoms with van der Waals surface area (Å²) in [7, 11) is 3.65.